The van der Waals surface area contributed by atoms with Gasteiger partial charge >= 0.3 is 0 Å². The van der Waals surface area contributed by atoms with Crippen molar-refractivity contribution in [1.29, 1.82) is 10.5 Å². The molecule has 2 aliphatic rings. The van der Waals surface area contributed by atoms with Crippen molar-refractivity contribution in [3.8, 4) is 12.1 Å². The van der Waals surface area contributed by atoms with E-state index in [0.29, 0.717) is 0 Å². The summed E-state index contributed by atoms with van der Waals surface area (Å²) in [6, 6.07) is 11.9. The molecule has 0 saturated carbocycles. The molecule has 0 aromatic heterocycles. The van der Waals surface area contributed by atoms with Gasteiger partial charge < -0.3 is 9.47 Å². The minimum Gasteiger partial charge on any atom is -0.458 e. The fourth-order valence-corrected chi connectivity index (χ4v) is 2.70. The summed E-state index contributed by atoms with van der Waals surface area (Å²) < 4.78 is 10.8. The van der Waals surface area contributed by atoms with E-state index in [2.05, 4.69) is 12.1 Å². The van der Waals surface area contributed by atoms with Crippen molar-refractivity contribution in [2.24, 2.45) is 5.92 Å². The quantitative estimate of drug-likeness (QED) is 0.770. The summed E-state index contributed by atoms with van der Waals surface area (Å²) in [5.41, 5.74) is 2.04. The Morgan fingerprint density at radius 3 is 2.25 bits per heavy atom. The minimum atomic E-state index is -0.683. The lowest BCUT2D eigenvalue weighted by molar-refractivity contribution is -0.0330. The van der Waals surface area contributed by atoms with E-state index in [1.165, 1.54) is 12.5 Å². The van der Waals surface area contributed by atoms with Crippen LogP contribution in [0.15, 0.2) is 48.9 Å². The van der Waals surface area contributed by atoms with E-state index >= 15 is 0 Å². The molecule has 0 N–H and O–H groups in total. The van der Waals surface area contributed by atoms with Crippen molar-refractivity contribution in [3.63, 3.8) is 0 Å². The second-order valence-corrected chi connectivity index (χ2v) is 4.71. The van der Waals surface area contributed by atoms with Gasteiger partial charge in [0.05, 0.1) is 18.1 Å². The molecule has 1 heterocycles. The highest BCUT2D eigenvalue weighted by atomic mass is 16.7. The first kappa shape index (κ1) is 12.3. The molecule has 3 rings (SSSR count). The number of allylic oxidation sites excluding steroid dienone is 1. The molecule has 1 aliphatic carbocycles. The van der Waals surface area contributed by atoms with Gasteiger partial charge in [-0.3, -0.25) is 0 Å². The lowest BCUT2D eigenvalue weighted by Crippen LogP contribution is -2.24. The topological polar surface area (TPSA) is 66.0 Å². The third kappa shape index (κ3) is 1.92. The second kappa shape index (κ2) is 5.11. The predicted molar refractivity (Wildman–Crippen MR) is 70.9 cm³/mol. The molecule has 0 bridgehead atoms. The Morgan fingerprint density at radius 1 is 0.950 bits per heavy atom. The van der Waals surface area contributed by atoms with E-state index in [9.17, 15) is 0 Å². The molecule has 98 valence electrons. The predicted octanol–water partition coefficient (Wildman–Crippen LogP) is 2.93. The average molecular weight is 264 g/mol. The number of hydrogen-bond donors (Lipinski definition) is 0. The number of rotatable bonds is 2. The lowest BCUT2D eigenvalue weighted by Gasteiger charge is -2.29. The van der Waals surface area contributed by atoms with Crippen LogP contribution in [0.2, 0.25) is 0 Å². The van der Waals surface area contributed by atoms with Crippen LogP contribution in [0, 0.1) is 28.6 Å². The zero-order valence-corrected chi connectivity index (χ0v) is 10.6. The van der Waals surface area contributed by atoms with Gasteiger partial charge in [-0.25, -0.2) is 0 Å². The summed E-state index contributed by atoms with van der Waals surface area (Å²) in [5, 5.41) is 18.2. The molecule has 1 aromatic carbocycles. The SMILES string of the molecule is N#CC(C#N)C1C=CC(C2OC=CO2)c2ccccc21. The maximum absolute atomic E-state index is 9.12. The molecular weight excluding hydrogens is 252 g/mol. The molecule has 0 saturated heterocycles. The second-order valence-electron chi connectivity index (χ2n) is 4.71. The van der Waals surface area contributed by atoms with Crippen LogP contribution >= 0.6 is 0 Å². The van der Waals surface area contributed by atoms with Crippen molar-refractivity contribution in [1.82, 2.24) is 0 Å². The van der Waals surface area contributed by atoms with Crippen molar-refractivity contribution in [2.45, 2.75) is 18.1 Å². The van der Waals surface area contributed by atoms with E-state index in [0.717, 1.165) is 11.1 Å². The molecular formula is C16H12N2O2. The lowest BCUT2D eigenvalue weighted by atomic mass is 9.76. The fourth-order valence-electron chi connectivity index (χ4n) is 2.70. The summed E-state index contributed by atoms with van der Waals surface area (Å²) in [6.45, 7) is 0. The van der Waals surface area contributed by atoms with Crippen LogP contribution in [0.5, 0.6) is 0 Å². The van der Waals surface area contributed by atoms with Crippen molar-refractivity contribution < 1.29 is 9.47 Å². The Bertz CT molecular complexity index is 629. The van der Waals surface area contributed by atoms with E-state index in [1.807, 2.05) is 36.4 Å². The summed E-state index contributed by atoms with van der Waals surface area (Å²) in [7, 11) is 0. The van der Waals surface area contributed by atoms with Gasteiger partial charge in [-0.05, 0) is 11.1 Å². The zero-order valence-electron chi connectivity index (χ0n) is 10.6. The van der Waals surface area contributed by atoms with E-state index < -0.39 is 5.92 Å². The van der Waals surface area contributed by atoms with Gasteiger partial charge in [-0.15, -0.1) is 0 Å². The van der Waals surface area contributed by atoms with Crippen LogP contribution in [-0.2, 0) is 9.47 Å². The smallest absolute Gasteiger partial charge is 0.249 e. The highest BCUT2D eigenvalue weighted by Crippen LogP contribution is 2.40. The molecule has 0 radical (unpaired) electrons. The number of fused-ring (bicyclic) bond motifs is 1. The molecule has 1 aromatic rings. The molecule has 4 nitrogen and oxygen atoms in total. The number of hydrogen-bond acceptors (Lipinski definition) is 4. The normalized spacial score (nSPS) is 23.6. The van der Waals surface area contributed by atoms with E-state index in [-0.39, 0.29) is 18.1 Å². The Labute approximate surface area is 117 Å². The summed E-state index contributed by atoms with van der Waals surface area (Å²) >= 11 is 0. The van der Waals surface area contributed by atoms with Crippen LogP contribution in [0.3, 0.4) is 0 Å². The van der Waals surface area contributed by atoms with Gasteiger partial charge in [-0.1, -0.05) is 36.4 Å². The third-order valence-electron chi connectivity index (χ3n) is 3.65. The molecule has 0 amide bonds. The highest BCUT2D eigenvalue weighted by Gasteiger charge is 2.34. The van der Waals surface area contributed by atoms with E-state index in [1.54, 1.807) is 0 Å². The number of nitriles is 2. The molecule has 20 heavy (non-hydrogen) atoms. The van der Waals surface area contributed by atoms with Gasteiger partial charge in [0.1, 0.15) is 18.4 Å². The number of ether oxygens (including phenoxy) is 2. The molecule has 0 fully saturated rings. The Morgan fingerprint density at radius 2 is 1.60 bits per heavy atom. The zero-order chi connectivity index (χ0) is 13.9. The molecule has 0 spiro atoms. The summed E-state index contributed by atoms with van der Waals surface area (Å²) in [6.07, 6.45) is 6.55. The Kier molecular flexibility index (Phi) is 3.15. The maximum Gasteiger partial charge on any atom is 0.249 e. The van der Waals surface area contributed by atoms with Crippen LogP contribution in [-0.4, -0.2) is 6.29 Å². The van der Waals surface area contributed by atoms with Gasteiger partial charge in [-0.2, -0.15) is 10.5 Å². The van der Waals surface area contributed by atoms with Crippen LogP contribution in [0.25, 0.3) is 0 Å². The van der Waals surface area contributed by atoms with Gasteiger partial charge in [0.2, 0.25) is 6.29 Å². The highest BCUT2D eigenvalue weighted by molar-refractivity contribution is 5.44. The van der Waals surface area contributed by atoms with Gasteiger partial charge in [0.15, 0.2) is 0 Å². The first-order valence-electron chi connectivity index (χ1n) is 6.37. The first-order valence-corrected chi connectivity index (χ1v) is 6.37. The Hall–Kier alpha value is -2.72. The molecule has 2 atom stereocenters. The molecule has 4 heteroatoms. The Balaban J connectivity index is 2.00. The standard InChI is InChI=1S/C16H12N2O2/c17-9-11(10-18)12-5-6-15(16-19-7-8-20-16)14-4-2-1-3-13(12)14/h1-8,11-12,15-16H. The van der Waals surface area contributed by atoms with Crippen molar-refractivity contribution >= 4 is 0 Å². The van der Waals surface area contributed by atoms with Crippen molar-refractivity contribution in [2.75, 3.05) is 0 Å². The van der Waals surface area contributed by atoms with Gasteiger partial charge in [0, 0.05) is 5.92 Å². The molecule has 1 aliphatic heterocycles. The van der Waals surface area contributed by atoms with Crippen molar-refractivity contribution in [3.05, 3.63) is 60.1 Å². The molecule has 2 unspecified atom stereocenters. The largest absolute Gasteiger partial charge is 0.458 e. The minimum absolute atomic E-state index is 0.0320. The van der Waals surface area contributed by atoms with Crippen LogP contribution < -0.4 is 0 Å². The maximum atomic E-state index is 9.12. The average Bonchev–Trinajstić information content (AvgIpc) is 3.02. The number of benzene rings is 1. The third-order valence-corrected chi connectivity index (χ3v) is 3.65. The summed E-state index contributed by atoms with van der Waals surface area (Å²) in [4.78, 5) is 0. The van der Waals surface area contributed by atoms with Crippen LogP contribution in [0.1, 0.15) is 23.0 Å². The van der Waals surface area contributed by atoms with Gasteiger partial charge in [0.25, 0.3) is 0 Å². The first-order chi connectivity index (χ1) is 9.85. The number of nitrogens with zero attached hydrogens (tertiary/aromatic N) is 2. The van der Waals surface area contributed by atoms with Crippen LogP contribution in [0.4, 0.5) is 0 Å². The van der Waals surface area contributed by atoms with E-state index in [4.69, 9.17) is 20.0 Å². The fraction of sp³-hybridized carbons (Fsp3) is 0.250. The monoisotopic (exact) mass is 264 g/mol. The summed E-state index contributed by atoms with van der Waals surface area (Å²) in [5.74, 6) is -0.917.